The minimum absolute atomic E-state index is 0.0983. The van der Waals surface area contributed by atoms with Gasteiger partial charge in [-0.05, 0) is 30.7 Å². The van der Waals surface area contributed by atoms with Crippen LogP contribution in [0.5, 0.6) is 5.75 Å². The Hall–Kier alpha value is -3.73. The second kappa shape index (κ2) is 8.32. The van der Waals surface area contributed by atoms with E-state index in [2.05, 4.69) is 20.4 Å². The Morgan fingerprint density at radius 1 is 1.06 bits per heavy atom. The molecule has 2 aromatic carbocycles. The van der Waals surface area contributed by atoms with E-state index in [0.717, 1.165) is 11.8 Å². The number of anilines is 4. The number of methoxy groups -OCH3 is 1. The van der Waals surface area contributed by atoms with Crippen LogP contribution in [0.15, 0.2) is 42.9 Å². The van der Waals surface area contributed by atoms with Gasteiger partial charge in [0, 0.05) is 31.0 Å². The van der Waals surface area contributed by atoms with E-state index in [1.807, 2.05) is 6.07 Å². The Bertz CT molecular complexity index is 1340. The molecule has 5 rings (SSSR count). The van der Waals surface area contributed by atoms with Crippen molar-refractivity contribution in [3.8, 4) is 11.4 Å². The molecule has 0 fully saturated rings. The predicted molar refractivity (Wildman–Crippen MR) is 116 cm³/mol. The van der Waals surface area contributed by atoms with Crippen LogP contribution in [0.1, 0.15) is 6.42 Å². The van der Waals surface area contributed by atoms with Crippen LogP contribution in [0.3, 0.4) is 0 Å². The normalized spacial score (nSPS) is 13.2. The van der Waals surface area contributed by atoms with Crippen LogP contribution in [-0.4, -0.2) is 38.0 Å². The summed E-state index contributed by atoms with van der Waals surface area (Å²) < 4.78 is 50.4. The zero-order chi connectivity index (χ0) is 23.1. The summed E-state index contributed by atoms with van der Waals surface area (Å²) in [5, 5.41) is 7.87. The third-order valence-corrected chi connectivity index (χ3v) is 5.41. The Morgan fingerprint density at radius 3 is 2.64 bits per heavy atom. The van der Waals surface area contributed by atoms with Gasteiger partial charge in [-0.15, -0.1) is 5.10 Å². The summed E-state index contributed by atoms with van der Waals surface area (Å²) in [7, 11) is 1.54. The zero-order valence-corrected chi connectivity index (χ0v) is 18.0. The lowest BCUT2D eigenvalue weighted by atomic mass is 10.2. The third kappa shape index (κ3) is 3.84. The van der Waals surface area contributed by atoms with Gasteiger partial charge < -0.3 is 19.5 Å². The molecule has 0 unspecified atom stereocenters. The van der Waals surface area contributed by atoms with Gasteiger partial charge in [0.15, 0.2) is 17.5 Å². The number of fused-ring (bicyclic) bond motifs is 1. The van der Waals surface area contributed by atoms with Crippen molar-refractivity contribution >= 4 is 34.9 Å². The molecule has 2 aromatic heterocycles. The molecule has 1 N–H and O–H groups in total. The minimum Gasteiger partial charge on any atom is -0.494 e. The van der Waals surface area contributed by atoms with Gasteiger partial charge in [-0.1, -0.05) is 11.6 Å². The van der Waals surface area contributed by atoms with Gasteiger partial charge in [-0.3, -0.25) is 0 Å². The summed E-state index contributed by atoms with van der Waals surface area (Å²) >= 11 is 5.91. The van der Waals surface area contributed by atoms with Gasteiger partial charge in [0.1, 0.15) is 17.2 Å². The van der Waals surface area contributed by atoms with Gasteiger partial charge in [-0.2, -0.15) is 4.98 Å². The molecular weight excluding hydrogens is 459 g/mol. The minimum atomic E-state index is -1.52. The highest BCUT2D eigenvalue weighted by atomic mass is 35.5. The van der Waals surface area contributed by atoms with Crippen LogP contribution in [0.2, 0.25) is 5.15 Å². The van der Waals surface area contributed by atoms with Crippen LogP contribution in [0.25, 0.3) is 5.69 Å². The van der Waals surface area contributed by atoms with E-state index in [1.165, 1.54) is 11.0 Å². The maximum atomic E-state index is 14.4. The van der Waals surface area contributed by atoms with Crippen molar-refractivity contribution in [1.82, 2.24) is 24.3 Å². The fraction of sp³-hybridized carbons (Fsp3) is 0.190. The number of halogens is 4. The van der Waals surface area contributed by atoms with Crippen LogP contribution in [-0.2, 0) is 6.54 Å². The van der Waals surface area contributed by atoms with Gasteiger partial charge in [0.05, 0.1) is 18.5 Å². The molecule has 8 nitrogen and oxygen atoms in total. The molecule has 4 aromatic rings. The van der Waals surface area contributed by atoms with Gasteiger partial charge in [0.2, 0.25) is 11.9 Å². The standard InChI is InChI=1S/C21H17ClF3N7O/c1-33-16-9-12(3-5-14(16)30-10-17(22)26-11-30)27-20-28-21-31(7-2-8-32(21)29-20)15-6-4-13(23)18(24)19(15)25/h3-6,9-11H,2,7-8H2,1H3,(H,27,29). The monoisotopic (exact) mass is 475 g/mol. The highest BCUT2D eigenvalue weighted by Gasteiger charge is 2.27. The number of nitrogens with one attached hydrogen (secondary N) is 1. The summed E-state index contributed by atoms with van der Waals surface area (Å²) in [6.45, 7) is 0.936. The molecule has 0 atom stereocenters. The Labute approximate surface area is 191 Å². The second-order valence-electron chi connectivity index (χ2n) is 7.27. The number of hydrogen-bond acceptors (Lipinski definition) is 6. The number of rotatable bonds is 5. The molecule has 3 heterocycles. The zero-order valence-electron chi connectivity index (χ0n) is 17.3. The number of nitrogens with zero attached hydrogens (tertiary/aromatic N) is 6. The maximum absolute atomic E-state index is 14.4. The lowest BCUT2D eigenvalue weighted by Crippen LogP contribution is -2.29. The van der Waals surface area contributed by atoms with Crippen LogP contribution < -0.4 is 15.0 Å². The maximum Gasteiger partial charge on any atom is 0.248 e. The van der Waals surface area contributed by atoms with Gasteiger partial charge in [0.25, 0.3) is 0 Å². The first-order valence-corrected chi connectivity index (χ1v) is 10.3. The highest BCUT2D eigenvalue weighted by molar-refractivity contribution is 6.29. The molecule has 1 aliphatic rings. The first-order valence-electron chi connectivity index (χ1n) is 9.95. The first kappa shape index (κ1) is 21.1. The van der Waals surface area contributed by atoms with Crippen molar-refractivity contribution in [3.63, 3.8) is 0 Å². The number of aryl methyl sites for hydroxylation is 1. The van der Waals surface area contributed by atoms with Crippen LogP contribution >= 0.6 is 11.6 Å². The van der Waals surface area contributed by atoms with Crippen molar-refractivity contribution < 1.29 is 17.9 Å². The van der Waals surface area contributed by atoms with E-state index in [4.69, 9.17) is 16.3 Å². The van der Waals surface area contributed by atoms with Crippen molar-refractivity contribution in [2.45, 2.75) is 13.0 Å². The van der Waals surface area contributed by atoms with Crippen LogP contribution in [0.4, 0.5) is 36.4 Å². The van der Waals surface area contributed by atoms with Crippen molar-refractivity contribution in [2.24, 2.45) is 0 Å². The third-order valence-electron chi connectivity index (χ3n) is 5.22. The van der Waals surface area contributed by atoms with Crippen molar-refractivity contribution in [2.75, 3.05) is 23.9 Å². The summed E-state index contributed by atoms with van der Waals surface area (Å²) in [6.07, 6.45) is 3.86. The quantitative estimate of drug-likeness (QED) is 0.417. The molecule has 0 radical (unpaired) electrons. The van der Waals surface area contributed by atoms with Crippen LogP contribution in [0, 0.1) is 17.5 Å². The Morgan fingerprint density at radius 2 is 1.88 bits per heavy atom. The number of imidazole rings is 1. The smallest absolute Gasteiger partial charge is 0.248 e. The molecule has 0 amide bonds. The van der Waals surface area contributed by atoms with E-state index in [-0.39, 0.29) is 11.6 Å². The fourth-order valence-electron chi connectivity index (χ4n) is 3.70. The molecule has 170 valence electrons. The van der Waals surface area contributed by atoms with E-state index in [1.54, 1.807) is 41.0 Å². The average Bonchev–Trinajstić information content (AvgIpc) is 3.43. The summed E-state index contributed by atoms with van der Waals surface area (Å²) in [4.78, 5) is 9.93. The first-order chi connectivity index (χ1) is 15.9. The topological polar surface area (TPSA) is 73.0 Å². The second-order valence-corrected chi connectivity index (χ2v) is 7.66. The molecule has 1 aliphatic heterocycles. The predicted octanol–water partition coefficient (Wildman–Crippen LogP) is 4.83. The SMILES string of the molecule is COc1cc(Nc2nc3n(n2)CCCN3c2ccc(F)c(F)c2F)ccc1-n1cnc(Cl)c1. The van der Waals surface area contributed by atoms with Crippen molar-refractivity contribution in [1.29, 1.82) is 0 Å². The van der Waals surface area contributed by atoms with E-state index >= 15 is 0 Å². The lowest BCUT2D eigenvalue weighted by Gasteiger charge is -2.28. The summed E-state index contributed by atoms with van der Waals surface area (Å²) in [5.74, 6) is -2.88. The highest BCUT2D eigenvalue weighted by Crippen LogP contribution is 2.33. The molecule has 0 spiro atoms. The largest absolute Gasteiger partial charge is 0.494 e. The molecule has 0 bridgehead atoms. The molecule has 0 saturated heterocycles. The van der Waals surface area contributed by atoms with Gasteiger partial charge in [-0.25, -0.2) is 22.8 Å². The molecular formula is C21H17ClF3N7O. The van der Waals surface area contributed by atoms with Gasteiger partial charge >= 0.3 is 0 Å². The van der Waals surface area contributed by atoms with E-state index < -0.39 is 17.5 Å². The number of ether oxygens (including phenoxy) is 1. The molecule has 12 heteroatoms. The molecule has 33 heavy (non-hydrogen) atoms. The summed E-state index contributed by atoms with van der Waals surface area (Å²) in [6, 6.07) is 7.47. The Balaban J connectivity index is 1.44. The number of aromatic nitrogens is 5. The van der Waals surface area contributed by atoms with Crippen molar-refractivity contribution in [3.05, 3.63) is 65.5 Å². The average molecular weight is 476 g/mol. The Kier molecular flexibility index (Phi) is 5.33. The molecule has 0 aliphatic carbocycles. The lowest BCUT2D eigenvalue weighted by molar-refractivity contribution is 0.413. The molecule has 0 saturated carbocycles. The number of benzene rings is 2. The van der Waals surface area contributed by atoms with E-state index in [0.29, 0.717) is 42.0 Å². The van der Waals surface area contributed by atoms with E-state index in [9.17, 15) is 13.2 Å². The fourth-order valence-corrected chi connectivity index (χ4v) is 3.84. The summed E-state index contributed by atoms with van der Waals surface area (Å²) in [5.41, 5.74) is 1.29. The number of hydrogen-bond donors (Lipinski definition) is 1.